The lowest BCUT2D eigenvalue weighted by Crippen LogP contribution is -2.41. The number of ketones is 1. The van der Waals surface area contributed by atoms with Crippen LogP contribution in [0.1, 0.15) is 52.9 Å². The van der Waals surface area contributed by atoms with Gasteiger partial charge < -0.3 is 0 Å². The van der Waals surface area contributed by atoms with Crippen molar-refractivity contribution in [1.82, 2.24) is 0 Å². The molecule has 0 aliphatic heterocycles. The van der Waals surface area contributed by atoms with Crippen molar-refractivity contribution in [3.63, 3.8) is 0 Å². The Labute approximate surface area is 91.9 Å². The minimum absolute atomic E-state index is 0.113. The van der Waals surface area contributed by atoms with E-state index in [9.17, 15) is 4.79 Å². The fourth-order valence-corrected chi connectivity index (χ4v) is 5.04. The predicted octanol–water partition coefficient (Wildman–Crippen LogP) is 3.49. The first-order chi connectivity index (χ1) is 6.96. The lowest BCUT2D eigenvalue weighted by molar-refractivity contribution is -0.127. The molecule has 0 radical (unpaired) electrons. The first-order valence-electron chi connectivity index (χ1n) is 6.20. The summed E-state index contributed by atoms with van der Waals surface area (Å²) < 4.78 is 0. The zero-order valence-corrected chi connectivity index (χ0v) is 10.0. The van der Waals surface area contributed by atoms with Crippen LogP contribution in [0.3, 0.4) is 0 Å². The third kappa shape index (κ3) is 0.745. The molecule has 0 amide bonds. The number of allylic oxidation sites excluding steroid dienone is 2. The second-order valence-corrected chi connectivity index (χ2v) is 6.23. The van der Waals surface area contributed by atoms with Crippen LogP contribution in [0, 0.1) is 16.2 Å². The zero-order valence-electron chi connectivity index (χ0n) is 10.0. The van der Waals surface area contributed by atoms with Crippen LogP contribution in [-0.2, 0) is 4.79 Å². The van der Waals surface area contributed by atoms with E-state index in [4.69, 9.17) is 0 Å². The van der Waals surface area contributed by atoms with Crippen molar-refractivity contribution in [2.24, 2.45) is 16.2 Å². The Balaban J connectivity index is 2.25. The Hall–Kier alpha value is -0.590. The number of rotatable bonds is 0. The minimum Gasteiger partial charge on any atom is -0.299 e. The summed E-state index contributed by atoms with van der Waals surface area (Å²) in [4.78, 5) is 12.2. The predicted molar refractivity (Wildman–Crippen MR) is 60.5 cm³/mol. The van der Waals surface area contributed by atoms with Gasteiger partial charge in [-0.15, -0.1) is 0 Å². The third-order valence-electron chi connectivity index (χ3n) is 6.01. The molecule has 3 aliphatic carbocycles. The van der Waals surface area contributed by atoms with Gasteiger partial charge in [-0.2, -0.15) is 0 Å². The van der Waals surface area contributed by atoms with Crippen LogP contribution in [0.4, 0.5) is 0 Å². The van der Waals surface area contributed by atoms with Crippen LogP contribution < -0.4 is 0 Å². The average Bonchev–Trinajstić information content (AvgIpc) is 2.67. The van der Waals surface area contributed by atoms with Gasteiger partial charge >= 0.3 is 0 Å². The molecule has 0 saturated heterocycles. The molecule has 0 bridgehead atoms. The maximum absolute atomic E-state index is 12.2. The lowest BCUT2D eigenvalue weighted by atomic mass is 9.58. The van der Waals surface area contributed by atoms with E-state index in [0.29, 0.717) is 16.6 Å². The fraction of sp³-hybridized carbons (Fsp3) is 0.786. The van der Waals surface area contributed by atoms with Gasteiger partial charge in [-0.1, -0.05) is 25.0 Å². The number of Topliss-reactive ketones (excluding diaryl/α,β-unsaturated/α-hetero) is 1. The number of hydrogen-bond donors (Lipinski definition) is 0. The van der Waals surface area contributed by atoms with Gasteiger partial charge in [0, 0.05) is 6.42 Å². The molecule has 1 heteroatoms. The molecule has 0 aromatic heterocycles. The van der Waals surface area contributed by atoms with Crippen molar-refractivity contribution < 1.29 is 4.79 Å². The van der Waals surface area contributed by atoms with E-state index >= 15 is 0 Å². The van der Waals surface area contributed by atoms with Crippen LogP contribution in [0.2, 0.25) is 0 Å². The molecule has 3 atom stereocenters. The Morgan fingerprint density at radius 2 is 1.93 bits per heavy atom. The molecule has 3 rings (SSSR count). The Kier molecular flexibility index (Phi) is 1.53. The maximum atomic E-state index is 12.2. The summed E-state index contributed by atoms with van der Waals surface area (Å²) in [7, 11) is 0. The van der Waals surface area contributed by atoms with Crippen molar-refractivity contribution in [2.75, 3.05) is 0 Å². The summed E-state index contributed by atoms with van der Waals surface area (Å²) >= 11 is 0. The molecule has 82 valence electrons. The second kappa shape index (κ2) is 2.39. The normalized spacial score (nSPS) is 53.0. The average molecular weight is 204 g/mol. The van der Waals surface area contributed by atoms with Crippen LogP contribution in [0.15, 0.2) is 11.6 Å². The molecule has 0 aromatic rings. The van der Waals surface area contributed by atoms with Crippen LogP contribution in [-0.4, -0.2) is 5.78 Å². The lowest BCUT2D eigenvalue weighted by Gasteiger charge is -2.43. The monoisotopic (exact) mass is 204 g/mol. The van der Waals surface area contributed by atoms with Crippen LogP contribution >= 0.6 is 0 Å². The third-order valence-corrected chi connectivity index (χ3v) is 6.01. The maximum Gasteiger partial charge on any atom is 0.143 e. The first kappa shape index (κ1) is 9.62. The van der Waals surface area contributed by atoms with E-state index in [-0.39, 0.29) is 5.41 Å². The molecule has 2 fully saturated rings. The van der Waals surface area contributed by atoms with E-state index in [2.05, 4.69) is 26.8 Å². The van der Waals surface area contributed by atoms with Gasteiger partial charge in [-0.05, 0) is 43.9 Å². The van der Waals surface area contributed by atoms with Crippen molar-refractivity contribution >= 4 is 5.78 Å². The van der Waals surface area contributed by atoms with Gasteiger partial charge in [0.2, 0.25) is 0 Å². The topological polar surface area (TPSA) is 17.1 Å². The molecule has 0 aromatic carbocycles. The van der Waals surface area contributed by atoms with Gasteiger partial charge in [0.05, 0.1) is 5.41 Å². The molecule has 2 saturated carbocycles. The molecule has 15 heavy (non-hydrogen) atoms. The Morgan fingerprint density at radius 3 is 2.67 bits per heavy atom. The molecule has 1 spiro atoms. The molecule has 3 aliphatic rings. The summed E-state index contributed by atoms with van der Waals surface area (Å²) in [5.74, 6) is 0.502. The van der Waals surface area contributed by atoms with Gasteiger partial charge in [0.15, 0.2) is 0 Å². The largest absolute Gasteiger partial charge is 0.299 e. The number of carbonyl (C=O) groups is 1. The van der Waals surface area contributed by atoms with E-state index in [0.717, 1.165) is 12.8 Å². The van der Waals surface area contributed by atoms with Crippen molar-refractivity contribution in [1.29, 1.82) is 0 Å². The van der Waals surface area contributed by atoms with Gasteiger partial charge in [-0.25, -0.2) is 0 Å². The first-order valence-corrected chi connectivity index (χ1v) is 6.20. The highest BCUT2D eigenvalue weighted by atomic mass is 16.1. The number of hydrogen-bond acceptors (Lipinski definition) is 1. The highest BCUT2D eigenvalue weighted by molar-refractivity contribution is 5.92. The Bertz CT molecular complexity index is 381. The van der Waals surface area contributed by atoms with E-state index in [1.54, 1.807) is 0 Å². The highest BCUT2D eigenvalue weighted by Gasteiger charge is 2.69. The fourth-order valence-electron chi connectivity index (χ4n) is 5.04. The van der Waals surface area contributed by atoms with E-state index in [1.165, 1.54) is 24.8 Å². The molecule has 1 nitrogen and oxygen atoms in total. The van der Waals surface area contributed by atoms with Crippen LogP contribution in [0.25, 0.3) is 0 Å². The van der Waals surface area contributed by atoms with Gasteiger partial charge in [-0.3, -0.25) is 4.79 Å². The van der Waals surface area contributed by atoms with E-state index < -0.39 is 0 Å². The molecule has 0 N–H and O–H groups in total. The highest BCUT2D eigenvalue weighted by Crippen LogP contribution is 2.74. The van der Waals surface area contributed by atoms with Gasteiger partial charge in [0.1, 0.15) is 5.78 Å². The number of carbonyl (C=O) groups excluding carboxylic acids is 1. The van der Waals surface area contributed by atoms with Crippen LogP contribution in [0.5, 0.6) is 0 Å². The summed E-state index contributed by atoms with van der Waals surface area (Å²) in [5, 5.41) is 0. The Morgan fingerprint density at radius 1 is 1.20 bits per heavy atom. The van der Waals surface area contributed by atoms with E-state index in [1.807, 2.05) is 0 Å². The molecule has 0 heterocycles. The standard InChI is InChI=1S/C14H20O/c1-10-9-12(2)6-4-7-14(12)8-5-11(15)13(10,14)3/h9H,4-8H2,1-3H3/t12-,13+,14+/m1/s1. The summed E-state index contributed by atoms with van der Waals surface area (Å²) in [6.45, 7) is 6.77. The summed E-state index contributed by atoms with van der Waals surface area (Å²) in [6.07, 6.45) is 8.23. The zero-order chi connectivity index (χ0) is 10.9. The minimum atomic E-state index is -0.113. The molecular formula is C14H20O. The summed E-state index contributed by atoms with van der Waals surface area (Å²) in [5.41, 5.74) is 1.85. The second-order valence-electron chi connectivity index (χ2n) is 6.23. The smallest absolute Gasteiger partial charge is 0.143 e. The quantitative estimate of drug-likeness (QED) is 0.552. The van der Waals surface area contributed by atoms with Crippen molar-refractivity contribution in [3.05, 3.63) is 11.6 Å². The van der Waals surface area contributed by atoms with Crippen molar-refractivity contribution in [3.8, 4) is 0 Å². The molecular weight excluding hydrogens is 184 g/mol. The molecule has 0 unspecified atom stereocenters. The SMILES string of the molecule is CC1=C[C@@]2(C)CCC[C@]23CCC(=O)[C@]13C. The van der Waals surface area contributed by atoms with Gasteiger partial charge in [0.25, 0.3) is 0 Å². The van der Waals surface area contributed by atoms with Crippen molar-refractivity contribution in [2.45, 2.75) is 52.9 Å². The summed E-state index contributed by atoms with van der Waals surface area (Å²) in [6, 6.07) is 0.